The zero-order valence-corrected chi connectivity index (χ0v) is 9.97. The van der Waals surface area contributed by atoms with E-state index < -0.39 is 0 Å². The highest BCUT2D eigenvalue weighted by atomic mass is 15.2. The van der Waals surface area contributed by atoms with Gasteiger partial charge in [0, 0.05) is 6.04 Å². The third kappa shape index (κ3) is 2.96. The molecular formula is C12H26N2. The summed E-state index contributed by atoms with van der Waals surface area (Å²) in [4.78, 5) is 0. The van der Waals surface area contributed by atoms with E-state index >= 15 is 0 Å². The van der Waals surface area contributed by atoms with E-state index in [-0.39, 0.29) is 0 Å². The molecule has 84 valence electrons. The molecule has 0 spiro atoms. The van der Waals surface area contributed by atoms with Gasteiger partial charge >= 0.3 is 0 Å². The van der Waals surface area contributed by atoms with E-state index in [2.05, 4.69) is 26.2 Å². The lowest BCUT2D eigenvalue weighted by Gasteiger charge is -2.34. The maximum atomic E-state index is 5.66. The van der Waals surface area contributed by atoms with E-state index in [9.17, 15) is 0 Å². The van der Waals surface area contributed by atoms with Crippen LogP contribution in [0.5, 0.6) is 0 Å². The van der Waals surface area contributed by atoms with Gasteiger partial charge in [-0.1, -0.05) is 46.5 Å². The normalized spacial score (nSPS) is 21.4. The molecule has 0 bridgehead atoms. The first kappa shape index (κ1) is 12.0. The maximum Gasteiger partial charge on any atom is 0.0264 e. The maximum absolute atomic E-state index is 5.66. The Morgan fingerprint density at radius 3 is 2.36 bits per heavy atom. The molecule has 0 radical (unpaired) electrons. The number of hydrazine groups is 1. The molecule has 3 N–H and O–H groups in total. The van der Waals surface area contributed by atoms with Crippen LogP contribution in [-0.2, 0) is 0 Å². The van der Waals surface area contributed by atoms with E-state index in [1.807, 2.05) is 0 Å². The summed E-state index contributed by atoms with van der Waals surface area (Å²) in [6.07, 6.45) is 8.13. The van der Waals surface area contributed by atoms with Crippen LogP contribution in [0.4, 0.5) is 0 Å². The van der Waals surface area contributed by atoms with Crippen molar-refractivity contribution in [2.75, 3.05) is 0 Å². The Hall–Kier alpha value is -0.0800. The molecule has 0 aromatic rings. The van der Waals surface area contributed by atoms with Gasteiger partial charge in [-0.25, -0.2) is 0 Å². The predicted octanol–water partition coefficient (Wildman–Crippen LogP) is 2.83. The number of nitrogens with one attached hydrogen (secondary N) is 1. The fraction of sp³-hybridized carbons (Fsp3) is 1.00. The van der Waals surface area contributed by atoms with Crippen molar-refractivity contribution in [2.24, 2.45) is 17.2 Å². The largest absolute Gasteiger partial charge is 0.271 e. The topological polar surface area (TPSA) is 38.0 Å². The molecule has 2 nitrogen and oxygen atoms in total. The van der Waals surface area contributed by atoms with Crippen molar-refractivity contribution in [1.29, 1.82) is 0 Å². The SMILES string of the molecule is CCC(C)(C)C(CC1CCCC1)NN. The van der Waals surface area contributed by atoms with Gasteiger partial charge in [0.15, 0.2) is 0 Å². The Labute approximate surface area is 88.6 Å². The minimum Gasteiger partial charge on any atom is -0.271 e. The number of rotatable bonds is 5. The lowest BCUT2D eigenvalue weighted by atomic mass is 9.78. The van der Waals surface area contributed by atoms with E-state index in [0.29, 0.717) is 11.5 Å². The summed E-state index contributed by atoms with van der Waals surface area (Å²) in [5.41, 5.74) is 3.35. The van der Waals surface area contributed by atoms with E-state index in [0.717, 1.165) is 5.92 Å². The minimum absolute atomic E-state index is 0.331. The molecule has 2 heteroatoms. The first-order valence-corrected chi connectivity index (χ1v) is 6.06. The smallest absolute Gasteiger partial charge is 0.0264 e. The van der Waals surface area contributed by atoms with E-state index in [1.165, 1.54) is 38.5 Å². The summed E-state index contributed by atoms with van der Waals surface area (Å²) >= 11 is 0. The molecular weight excluding hydrogens is 172 g/mol. The zero-order chi connectivity index (χ0) is 10.6. The van der Waals surface area contributed by atoms with Crippen LogP contribution in [0.1, 0.15) is 59.3 Å². The lowest BCUT2D eigenvalue weighted by molar-refractivity contribution is 0.198. The highest BCUT2D eigenvalue weighted by Gasteiger charge is 2.30. The summed E-state index contributed by atoms with van der Waals surface area (Å²) < 4.78 is 0. The van der Waals surface area contributed by atoms with Crippen molar-refractivity contribution in [3.63, 3.8) is 0 Å². The first-order chi connectivity index (χ1) is 6.60. The van der Waals surface area contributed by atoms with Crippen LogP contribution in [0, 0.1) is 11.3 Å². The Bertz CT molecular complexity index is 160. The van der Waals surface area contributed by atoms with Gasteiger partial charge in [0.1, 0.15) is 0 Å². The molecule has 1 atom stereocenters. The van der Waals surface area contributed by atoms with Crippen molar-refractivity contribution in [2.45, 2.75) is 65.3 Å². The second-order valence-corrected chi connectivity index (χ2v) is 5.45. The van der Waals surface area contributed by atoms with Gasteiger partial charge in [0.25, 0.3) is 0 Å². The van der Waals surface area contributed by atoms with Crippen LogP contribution in [0.2, 0.25) is 0 Å². The van der Waals surface area contributed by atoms with Crippen molar-refractivity contribution >= 4 is 0 Å². The minimum atomic E-state index is 0.331. The Morgan fingerprint density at radius 1 is 1.36 bits per heavy atom. The van der Waals surface area contributed by atoms with E-state index in [1.54, 1.807) is 0 Å². The van der Waals surface area contributed by atoms with Gasteiger partial charge in [-0.2, -0.15) is 0 Å². The van der Waals surface area contributed by atoms with Crippen LogP contribution in [0.25, 0.3) is 0 Å². The van der Waals surface area contributed by atoms with E-state index in [4.69, 9.17) is 5.84 Å². The molecule has 1 saturated carbocycles. The monoisotopic (exact) mass is 198 g/mol. The molecule has 0 aromatic carbocycles. The Balaban J connectivity index is 2.44. The van der Waals surface area contributed by atoms with Crippen molar-refractivity contribution < 1.29 is 0 Å². The summed E-state index contributed by atoms with van der Waals surface area (Å²) in [5, 5.41) is 0. The fourth-order valence-electron chi connectivity index (χ4n) is 2.44. The van der Waals surface area contributed by atoms with Crippen LogP contribution in [-0.4, -0.2) is 6.04 Å². The quantitative estimate of drug-likeness (QED) is 0.526. The van der Waals surface area contributed by atoms with Gasteiger partial charge in [-0.15, -0.1) is 0 Å². The van der Waals surface area contributed by atoms with Crippen LogP contribution in [0.3, 0.4) is 0 Å². The third-order valence-electron chi connectivity index (χ3n) is 4.10. The van der Waals surface area contributed by atoms with Gasteiger partial charge in [0.2, 0.25) is 0 Å². The molecule has 14 heavy (non-hydrogen) atoms. The van der Waals surface area contributed by atoms with Gasteiger partial charge in [-0.05, 0) is 24.2 Å². The average molecular weight is 198 g/mol. The molecule has 0 aliphatic heterocycles. The molecule has 1 aliphatic carbocycles. The third-order valence-corrected chi connectivity index (χ3v) is 4.10. The summed E-state index contributed by atoms with van der Waals surface area (Å²) in [6, 6.07) is 0.482. The number of hydrogen-bond acceptors (Lipinski definition) is 2. The zero-order valence-electron chi connectivity index (χ0n) is 9.97. The predicted molar refractivity (Wildman–Crippen MR) is 61.8 cm³/mol. The summed E-state index contributed by atoms with van der Waals surface area (Å²) in [7, 11) is 0. The molecule has 0 amide bonds. The second-order valence-electron chi connectivity index (χ2n) is 5.45. The number of hydrogen-bond donors (Lipinski definition) is 2. The number of nitrogens with two attached hydrogens (primary N) is 1. The van der Waals surface area contributed by atoms with Crippen LogP contribution in [0.15, 0.2) is 0 Å². The summed E-state index contributed by atoms with van der Waals surface area (Å²) in [5.74, 6) is 6.58. The van der Waals surface area contributed by atoms with Gasteiger partial charge < -0.3 is 0 Å². The van der Waals surface area contributed by atoms with Crippen LogP contribution >= 0.6 is 0 Å². The second kappa shape index (κ2) is 5.13. The van der Waals surface area contributed by atoms with Crippen molar-refractivity contribution in [3.05, 3.63) is 0 Å². The highest BCUT2D eigenvalue weighted by Crippen LogP contribution is 2.34. The molecule has 1 aliphatic rings. The average Bonchev–Trinajstić information content (AvgIpc) is 2.66. The van der Waals surface area contributed by atoms with Gasteiger partial charge in [0.05, 0.1) is 0 Å². The molecule has 1 fully saturated rings. The lowest BCUT2D eigenvalue weighted by Crippen LogP contribution is -2.46. The Kier molecular flexibility index (Phi) is 4.39. The standard InChI is InChI=1S/C12H26N2/c1-4-12(2,3)11(14-13)9-10-7-5-6-8-10/h10-11,14H,4-9,13H2,1-3H3. The van der Waals surface area contributed by atoms with Gasteiger partial charge in [-0.3, -0.25) is 11.3 Å². The highest BCUT2D eigenvalue weighted by molar-refractivity contribution is 4.84. The Morgan fingerprint density at radius 2 is 1.93 bits per heavy atom. The fourth-order valence-corrected chi connectivity index (χ4v) is 2.44. The molecule has 0 aromatic heterocycles. The molecule has 1 unspecified atom stereocenters. The first-order valence-electron chi connectivity index (χ1n) is 6.06. The molecule has 1 rings (SSSR count). The van der Waals surface area contributed by atoms with Crippen molar-refractivity contribution in [1.82, 2.24) is 5.43 Å². The summed E-state index contributed by atoms with van der Waals surface area (Å²) in [6.45, 7) is 6.87. The molecule has 0 saturated heterocycles. The van der Waals surface area contributed by atoms with Crippen molar-refractivity contribution in [3.8, 4) is 0 Å². The van der Waals surface area contributed by atoms with Crippen LogP contribution < -0.4 is 11.3 Å². The molecule has 0 heterocycles.